The van der Waals surface area contributed by atoms with E-state index in [9.17, 15) is 4.79 Å². The Hall–Kier alpha value is -0.830. The fourth-order valence-corrected chi connectivity index (χ4v) is 1.49. The lowest BCUT2D eigenvalue weighted by Crippen LogP contribution is -1.98. The van der Waals surface area contributed by atoms with Crippen LogP contribution < -0.4 is 0 Å². The Morgan fingerprint density at radius 2 is 1.93 bits per heavy atom. The number of carbonyl (C=O) groups excluding carboxylic acids is 1. The molecule has 0 unspecified atom stereocenters. The van der Waals surface area contributed by atoms with Crippen molar-refractivity contribution in [1.29, 1.82) is 0 Å². The van der Waals surface area contributed by atoms with Gasteiger partial charge in [0.2, 0.25) is 0 Å². The molecule has 0 amide bonds. The summed E-state index contributed by atoms with van der Waals surface area (Å²) in [4.78, 5) is 11.0. The zero-order valence-corrected chi connectivity index (χ0v) is 11.0. The second-order valence-corrected chi connectivity index (χ2v) is 3.72. The summed E-state index contributed by atoms with van der Waals surface area (Å²) >= 11 is 3.32. The van der Waals surface area contributed by atoms with Crippen LogP contribution in [0, 0.1) is 0 Å². The Balaban J connectivity index is 4.29. The average Bonchev–Trinajstić information content (AvgIpc) is 2.15. The standard InChI is InChI=1S/C12H17BrO2/c1-4-15-12(14)6-5-10(2)9-11(3)7-8-13/h5-7,9H,4,8H2,1-3H3/b6-5+,10-9+,11-7+. The Labute approximate surface area is 99.8 Å². The number of ether oxygens (including phenoxy) is 1. The molecule has 0 spiro atoms. The molecule has 2 nitrogen and oxygen atoms in total. The van der Waals surface area contributed by atoms with Gasteiger partial charge in [-0.25, -0.2) is 4.79 Å². The number of alkyl halides is 1. The molecule has 0 N–H and O–H groups in total. The maximum Gasteiger partial charge on any atom is 0.330 e. The average molecular weight is 273 g/mol. The van der Waals surface area contributed by atoms with Crippen molar-refractivity contribution in [3.63, 3.8) is 0 Å². The highest BCUT2D eigenvalue weighted by Crippen LogP contribution is 2.04. The van der Waals surface area contributed by atoms with E-state index in [-0.39, 0.29) is 5.97 Å². The molecule has 0 saturated heterocycles. The van der Waals surface area contributed by atoms with Crippen LogP contribution >= 0.6 is 15.9 Å². The second-order valence-electron chi connectivity index (χ2n) is 3.08. The molecular formula is C12H17BrO2. The maximum atomic E-state index is 11.0. The van der Waals surface area contributed by atoms with Crippen molar-refractivity contribution < 1.29 is 9.53 Å². The number of allylic oxidation sites excluding steroid dienone is 5. The molecule has 15 heavy (non-hydrogen) atoms. The molecule has 0 radical (unpaired) electrons. The quantitative estimate of drug-likeness (QED) is 0.332. The van der Waals surface area contributed by atoms with Gasteiger partial charge in [-0.2, -0.15) is 0 Å². The van der Waals surface area contributed by atoms with E-state index < -0.39 is 0 Å². The van der Waals surface area contributed by atoms with Gasteiger partial charge in [0.05, 0.1) is 6.61 Å². The molecule has 0 heterocycles. The van der Waals surface area contributed by atoms with E-state index in [4.69, 9.17) is 4.74 Å². The second kappa shape index (κ2) is 8.48. The van der Waals surface area contributed by atoms with Crippen LogP contribution in [-0.2, 0) is 9.53 Å². The molecule has 0 atom stereocenters. The smallest absolute Gasteiger partial charge is 0.330 e. The summed E-state index contributed by atoms with van der Waals surface area (Å²) in [6.45, 7) is 6.16. The van der Waals surface area contributed by atoms with Gasteiger partial charge in [0.1, 0.15) is 0 Å². The number of hydrogen-bond acceptors (Lipinski definition) is 2. The summed E-state index contributed by atoms with van der Waals surface area (Å²) in [5.74, 6) is -0.299. The number of rotatable bonds is 5. The number of halogens is 1. The highest BCUT2D eigenvalue weighted by atomic mass is 79.9. The maximum absolute atomic E-state index is 11.0. The first-order valence-electron chi connectivity index (χ1n) is 4.86. The van der Waals surface area contributed by atoms with Crippen LogP contribution in [0.3, 0.4) is 0 Å². The molecular weight excluding hydrogens is 256 g/mol. The van der Waals surface area contributed by atoms with Gasteiger partial charge in [-0.15, -0.1) is 0 Å². The van der Waals surface area contributed by atoms with Crippen LogP contribution in [0.2, 0.25) is 0 Å². The van der Waals surface area contributed by atoms with Crippen LogP contribution in [-0.4, -0.2) is 17.9 Å². The van der Waals surface area contributed by atoms with E-state index in [1.165, 1.54) is 6.08 Å². The third kappa shape index (κ3) is 8.18. The number of carbonyl (C=O) groups is 1. The largest absolute Gasteiger partial charge is 0.463 e. The predicted octanol–water partition coefficient (Wildman–Crippen LogP) is 3.39. The van der Waals surface area contributed by atoms with E-state index >= 15 is 0 Å². The van der Waals surface area contributed by atoms with Crippen molar-refractivity contribution in [3.8, 4) is 0 Å². The molecule has 0 fully saturated rings. The Kier molecular flexibility index (Phi) is 8.01. The highest BCUT2D eigenvalue weighted by Gasteiger charge is 1.92. The lowest BCUT2D eigenvalue weighted by atomic mass is 10.2. The van der Waals surface area contributed by atoms with Gasteiger partial charge in [0, 0.05) is 11.4 Å². The zero-order valence-electron chi connectivity index (χ0n) is 9.42. The van der Waals surface area contributed by atoms with E-state index in [0.717, 1.165) is 16.5 Å². The summed E-state index contributed by atoms with van der Waals surface area (Å²) in [5.41, 5.74) is 2.19. The minimum atomic E-state index is -0.299. The molecule has 0 saturated carbocycles. The third-order valence-electron chi connectivity index (χ3n) is 1.62. The zero-order chi connectivity index (χ0) is 11.7. The normalized spacial score (nSPS) is 13.3. The molecule has 0 aliphatic heterocycles. The first kappa shape index (κ1) is 14.2. The molecule has 0 aliphatic rings. The van der Waals surface area contributed by atoms with Crippen LogP contribution in [0.5, 0.6) is 0 Å². The Morgan fingerprint density at radius 1 is 1.27 bits per heavy atom. The molecule has 84 valence electrons. The first-order valence-corrected chi connectivity index (χ1v) is 5.98. The minimum Gasteiger partial charge on any atom is -0.463 e. The first-order chi connectivity index (χ1) is 7.10. The molecule has 0 aliphatic carbocycles. The summed E-state index contributed by atoms with van der Waals surface area (Å²) in [6, 6.07) is 0. The van der Waals surface area contributed by atoms with Gasteiger partial charge < -0.3 is 4.74 Å². The van der Waals surface area contributed by atoms with Crippen molar-refractivity contribution in [2.75, 3.05) is 11.9 Å². The van der Waals surface area contributed by atoms with E-state index in [1.54, 1.807) is 13.0 Å². The van der Waals surface area contributed by atoms with Gasteiger partial charge in [-0.05, 0) is 20.8 Å². The Morgan fingerprint density at radius 3 is 2.47 bits per heavy atom. The van der Waals surface area contributed by atoms with Crippen molar-refractivity contribution in [2.45, 2.75) is 20.8 Å². The topological polar surface area (TPSA) is 26.3 Å². The molecule has 3 heteroatoms. The molecule has 0 bridgehead atoms. The molecule has 0 aromatic carbocycles. The van der Waals surface area contributed by atoms with E-state index in [0.29, 0.717) is 6.61 Å². The van der Waals surface area contributed by atoms with E-state index in [2.05, 4.69) is 22.0 Å². The lowest BCUT2D eigenvalue weighted by Gasteiger charge is -1.96. The molecule has 0 aromatic heterocycles. The van der Waals surface area contributed by atoms with Gasteiger partial charge >= 0.3 is 5.97 Å². The van der Waals surface area contributed by atoms with Crippen LogP contribution in [0.15, 0.2) is 35.5 Å². The SMILES string of the molecule is CCOC(=O)/C=C/C(C)=C/C(C)=C/CBr. The molecule has 0 rings (SSSR count). The number of hydrogen-bond donors (Lipinski definition) is 0. The fourth-order valence-electron chi connectivity index (χ4n) is 0.978. The lowest BCUT2D eigenvalue weighted by molar-refractivity contribution is -0.137. The summed E-state index contributed by atoms with van der Waals surface area (Å²) < 4.78 is 4.77. The minimum absolute atomic E-state index is 0.299. The van der Waals surface area contributed by atoms with Gasteiger partial charge in [0.15, 0.2) is 0 Å². The van der Waals surface area contributed by atoms with Gasteiger partial charge in [0.25, 0.3) is 0 Å². The predicted molar refractivity (Wildman–Crippen MR) is 67.1 cm³/mol. The van der Waals surface area contributed by atoms with Crippen molar-refractivity contribution in [2.24, 2.45) is 0 Å². The van der Waals surface area contributed by atoms with Gasteiger partial charge in [-0.3, -0.25) is 0 Å². The summed E-state index contributed by atoms with van der Waals surface area (Å²) in [6.07, 6.45) is 7.26. The third-order valence-corrected chi connectivity index (χ3v) is 1.95. The van der Waals surface area contributed by atoms with E-state index in [1.807, 2.05) is 19.9 Å². The van der Waals surface area contributed by atoms with Crippen LogP contribution in [0.4, 0.5) is 0 Å². The van der Waals surface area contributed by atoms with Crippen LogP contribution in [0.25, 0.3) is 0 Å². The van der Waals surface area contributed by atoms with Crippen molar-refractivity contribution in [3.05, 3.63) is 35.5 Å². The monoisotopic (exact) mass is 272 g/mol. The summed E-state index contributed by atoms with van der Waals surface area (Å²) in [5, 5.41) is 0.838. The Bertz CT molecular complexity index is 288. The molecule has 0 aromatic rings. The highest BCUT2D eigenvalue weighted by molar-refractivity contribution is 9.09. The summed E-state index contributed by atoms with van der Waals surface area (Å²) in [7, 11) is 0. The number of esters is 1. The van der Waals surface area contributed by atoms with Crippen molar-refractivity contribution in [1.82, 2.24) is 0 Å². The van der Waals surface area contributed by atoms with Crippen LogP contribution in [0.1, 0.15) is 20.8 Å². The fraction of sp³-hybridized carbons (Fsp3) is 0.417. The van der Waals surface area contributed by atoms with Crippen molar-refractivity contribution >= 4 is 21.9 Å². The van der Waals surface area contributed by atoms with Gasteiger partial charge in [-0.1, -0.05) is 45.3 Å².